The van der Waals surface area contributed by atoms with E-state index in [-0.39, 0.29) is 0 Å². The number of pyridine rings is 5. The fourth-order valence-corrected chi connectivity index (χ4v) is 14.6. The highest BCUT2D eigenvalue weighted by Gasteiger charge is 2.29. The Morgan fingerprint density at radius 3 is 1.17 bits per heavy atom. The van der Waals surface area contributed by atoms with E-state index in [2.05, 4.69) is 245 Å². The average molecular weight is 1290 g/mol. The summed E-state index contributed by atoms with van der Waals surface area (Å²) in [5.74, 6) is 1.54. The van der Waals surface area contributed by atoms with Gasteiger partial charge in [-0.2, -0.15) is 13.7 Å². The van der Waals surface area contributed by atoms with Crippen LogP contribution < -0.4 is 22.8 Å². The van der Waals surface area contributed by atoms with Gasteiger partial charge in [-0.25, -0.2) is 9.13 Å². The Morgan fingerprint density at radius 1 is 0.385 bits per heavy atom. The van der Waals surface area contributed by atoms with Crippen LogP contribution in [0.4, 0.5) is 0 Å². The highest BCUT2D eigenvalue weighted by Crippen LogP contribution is 2.40. The largest absolute Gasteiger partial charge is 0.215 e. The summed E-state index contributed by atoms with van der Waals surface area (Å²) in [6.45, 7) is 29.7. The molecule has 0 aliphatic heterocycles. The van der Waals surface area contributed by atoms with E-state index in [9.17, 15) is 0 Å². The molecule has 12 rings (SSSR count). The molecule has 0 atom stereocenters. The smallest absolute Gasteiger partial charge is 0.201 e. The number of hydrogen-bond acceptors (Lipinski definition) is 0. The van der Waals surface area contributed by atoms with Crippen LogP contribution in [0, 0.1) is 102 Å². The third kappa shape index (κ3) is 17.5. The Hall–Kier alpha value is -8.15. The maximum absolute atomic E-state index is 7.79. The number of hydrogen-bond donors (Lipinski definition) is 0. The SMILES string of the molecule is CCc1c[n+](C)c(-c2ccccc2C)cc1C1CCCC1.Cc1cc(C)[n+](C)c(-c2ccccc2C)c1.Cc1ccccc1-c1cc(C2CCCC2)c(CC(C)(C)C)c[n+]1C.[2H]C([2H])([2H])c1c(C)c(C)c(-c2ccccc2C)[n+](C)c1C.[2H]C([2H])([2H])c1c(C)cc(-c2ccccc2C)[n+](C)c1C. The molecule has 2 saturated carbocycles. The summed E-state index contributed by atoms with van der Waals surface area (Å²) in [6.07, 6.45) is 18.1. The minimum absolute atomic E-state index is 0.324. The van der Waals surface area contributed by atoms with Gasteiger partial charge in [-0.3, -0.25) is 0 Å². The summed E-state index contributed by atoms with van der Waals surface area (Å²) >= 11 is 0. The van der Waals surface area contributed by atoms with Gasteiger partial charge >= 0.3 is 0 Å². The van der Waals surface area contributed by atoms with E-state index in [0.717, 1.165) is 75.3 Å². The Bertz CT molecular complexity index is 4560. The maximum atomic E-state index is 7.79. The van der Waals surface area contributed by atoms with E-state index in [1.807, 2.05) is 88.2 Å². The molecular weight excluding hydrogens is 1160 g/mol. The van der Waals surface area contributed by atoms with E-state index < -0.39 is 13.7 Å². The van der Waals surface area contributed by atoms with Crippen LogP contribution >= 0.6 is 0 Å². The van der Waals surface area contributed by atoms with Crippen LogP contribution in [0.15, 0.2) is 164 Å². The molecule has 0 saturated heterocycles. The van der Waals surface area contributed by atoms with Gasteiger partial charge in [0.15, 0.2) is 29.5 Å². The van der Waals surface area contributed by atoms with E-state index in [4.69, 9.17) is 8.22 Å². The van der Waals surface area contributed by atoms with E-state index in [1.165, 1.54) is 130 Å². The molecule has 0 bridgehead atoms. The first-order chi connectivity index (χ1) is 48.0. The summed E-state index contributed by atoms with van der Waals surface area (Å²) < 4.78 is 57.3. The van der Waals surface area contributed by atoms with Gasteiger partial charge in [0.1, 0.15) is 35.2 Å². The summed E-state index contributed by atoms with van der Waals surface area (Å²) in [4.78, 5) is 0. The minimum Gasteiger partial charge on any atom is -0.201 e. The van der Waals surface area contributed by atoms with Crippen molar-refractivity contribution in [3.63, 3.8) is 0 Å². The minimum atomic E-state index is -2.08. The predicted molar refractivity (Wildman–Crippen MR) is 407 cm³/mol. The molecule has 5 heteroatoms. The molecule has 0 amide bonds. The van der Waals surface area contributed by atoms with Gasteiger partial charge in [-0.05, 0) is 218 Å². The van der Waals surface area contributed by atoms with Crippen molar-refractivity contribution in [3.05, 3.63) is 265 Å². The van der Waals surface area contributed by atoms with Crippen molar-refractivity contribution in [2.75, 3.05) is 0 Å². The standard InChI is InChI=1S/C23H32N.C20H26N.C17H22N.C16H20N.C15H18N/c1-17-10-6-9-13-20(17)22-14-21(18-11-7-8-12-18)19(16-24(22)5)15-23(2,3)4;1-4-16-14-21(3)20(18-12-8-5-9-15(18)2)13-19(16)17-10-6-7-11-17;1-11-9-7-8-10-16(11)17-14(4)12(2)13(3)15(5)18(17)6;1-11-8-6-7-9-15(11)16-10-12(2)13(3)14(4)17(16)5;1-11-9-13(3)16(4)15(10-11)14-8-6-5-7-12(14)2/h6,9-10,13-14,16,18H,7-8,11-12,15H2,1-5H3;5,8-9,12-14,17H,4,6-7,10-11H2,1-3H3;7-10H,1-6H3;6-10H,1-5H3;5-10H,1-4H3/q5*+1/i;;2*3D3;. The first-order valence-corrected chi connectivity index (χ1v) is 35.4. The van der Waals surface area contributed by atoms with Gasteiger partial charge in [-0.1, -0.05) is 144 Å². The zero-order valence-electron chi connectivity index (χ0n) is 68.6. The lowest BCUT2D eigenvalue weighted by molar-refractivity contribution is -0.667. The average Bonchev–Trinajstić information content (AvgIpc) is 1.14. The second-order valence-electron chi connectivity index (χ2n) is 29.1. The molecule has 5 heterocycles. The molecule has 2 fully saturated rings. The lowest BCUT2D eigenvalue weighted by atomic mass is 9.83. The molecule has 502 valence electrons. The van der Waals surface area contributed by atoms with Crippen molar-refractivity contribution < 1.29 is 31.1 Å². The first kappa shape index (κ1) is 65.2. The molecule has 5 nitrogen and oxygen atoms in total. The number of nitrogens with zero attached hydrogens (tertiary/aromatic N) is 5. The molecule has 5 aromatic carbocycles. The lowest BCUT2D eigenvalue weighted by Crippen LogP contribution is -2.37. The monoisotopic (exact) mass is 1290 g/mol. The highest BCUT2D eigenvalue weighted by molar-refractivity contribution is 5.67. The van der Waals surface area contributed by atoms with Crippen LogP contribution in [-0.2, 0) is 48.1 Å². The zero-order chi connectivity index (χ0) is 74.9. The molecule has 10 aromatic rings. The van der Waals surface area contributed by atoms with Crippen molar-refractivity contribution in [3.8, 4) is 56.3 Å². The second-order valence-corrected chi connectivity index (χ2v) is 29.1. The van der Waals surface area contributed by atoms with Gasteiger partial charge in [-0.15, -0.1) is 0 Å². The summed E-state index contributed by atoms with van der Waals surface area (Å²) in [5.41, 5.74) is 33.3. The molecule has 0 N–H and O–H groups in total. The van der Waals surface area contributed by atoms with Crippen LogP contribution in [-0.4, -0.2) is 0 Å². The molecule has 2 aliphatic carbocycles. The first-order valence-electron chi connectivity index (χ1n) is 38.4. The van der Waals surface area contributed by atoms with E-state index in [1.54, 1.807) is 16.7 Å². The van der Waals surface area contributed by atoms with Crippen molar-refractivity contribution >= 4 is 0 Å². The lowest BCUT2D eigenvalue weighted by Gasteiger charge is -2.22. The van der Waals surface area contributed by atoms with Crippen molar-refractivity contribution in [1.82, 2.24) is 0 Å². The normalized spacial score (nSPS) is 14.2. The fourth-order valence-electron chi connectivity index (χ4n) is 14.6. The highest BCUT2D eigenvalue weighted by atomic mass is 15.0. The van der Waals surface area contributed by atoms with Gasteiger partial charge in [0, 0.05) is 115 Å². The van der Waals surface area contributed by atoms with Crippen molar-refractivity contribution in [1.29, 1.82) is 0 Å². The topological polar surface area (TPSA) is 19.4 Å². The molecule has 0 spiro atoms. The summed E-state index contributed by atoms with van der Waals surface area (Å²) in [6, 6.07) is 53.7. The van der Waals surface area contributed by atoms with Crippen LogP contribution in [0.1, 0.15) is 200 Å². The molecule has 96 heavy (non-hydrogen) atoms. The Morgan fingerprint density at radius 2 is 0.760 bits per heavy atom. The molecule has 0 radical (unpaired) electrons. The third-order valence-electron chi connectivity index (χ3n) is 20.7. The Labute approximate surface area is 590 Å². The van der Waals surface area contributed by atoms with Crippen molar-refractivity contribution in [2.45, 2.75) is 201 Å². The number of aromatic nitrogens is 5. The Balaban J connectivity index is 0.000000163. The van der Waals surface area contributed by atoms with Gasteiger partial charge < -0.3 is 0 Å². The molecular formula is C91H118N5+5. The van der Waals surface area contributed by atoms with Gasteiger partial charge in [0.2, 0.25) is 28.5 Å². The summed E-state index contributed by atoms with van der Waals surface area (Å²) in [7, 11) is 10.4. The number of benzene rings is 5. The Kier molecular flexibility index (Phi) is 22.2. The van der Waals surface area contributed by atoms with E-state index >= 15 is 0 Å². The number of aryl methyl sites for hydroxylation is 11. The molecule has 2 aliphatic rings. The molecule has 5 aromatic heterocycles. The van der Waals surface area contributed by atoms with Crippen LogP contribution in [0.3, 0.4) is 0 Å². The summed E-state index contributed by atoms with van der Waals surface area (Å²) in [5, 5.41) is 0. The van der Waals surface area contributed by atoms with Gasteiger partial charge in [0.25, 0.3) is 0 Å². The number of rotatable bonds is 9. The predicted octanol–water partition coefficient (Wildman–Crippen LogP) is 20.7. The van der Waals surface area contributed by atoms with Gasteiger partial charge in [0.05, 0.1) is 0 Å². The van der Waals surface area contributed by atoms with E-state index in [0.29, 0.717) is 16.5 Å². The van der Waals surface area contributed by atoms with Crippen LogP contribution in [0.5, 0.6) is 0 Å². The fraction of sp³-hybridized carbons (Fsp3) is 0.396. The molecule has 0 unspecified atom stereocenters. The van der Waals surface area contributed by atoms with Crippen LogP contribution in [0.2, 0.25) is 0 Å². The third-order valence-corrected chi connectivity index (χ3v) is 20.7. The van der Waals surface area contributed by atoms with Crippen LogP contribution in [0.25, 0.3) is 56.3 Å². The second kappa shape index (κ2) is 32.7. The quantitative estimate of drug-likeness (QED) is 0.128. The zero-order valence-corrected chi connectivity index (χ0v) is 62.6. The van der Waals surface area contributed by atoms with Crippen molar-refractivity contribution in [2.24, 2.45) is 40.7 Å². The maximum Gasteiger partial charge on any atom is 0.215 e.